The SMILES string of the molecule is Cc1ccc(CN2C(=O)N(c3ccccc3)[C@H]3CS(=O)(=O)C[C@@H]32)cc1. The lowest BCUT2D eigenvalue weighted by molar-refractivity contribution is 0.206. The Labute approximate surface area is 147 Å². The van der Waals surface area contributed by atoms with E-state index in [2.05, 4.69) is 0 Å². The molecule has 2 aromatic carbocycles. The van der Waals surface area contributed by atoms with Gasteiger partial charge in [0.15, 0.2) is 9.84 Å². The van der Waals surface area contributed by atoms with E-state index in [1.807, 2.05) is 61.5 Å². The Morgan fingerprint density at radius 2 is 1.60 bits per heavy atom. The maximum absolute atomic E-state index is 13.1. The third-order valence-electron chi connectivity index (χ3n) is 4.99. The summed E-state index contributed by atoms with van der Waals surface area (Å²) in [7, 11) is -3.14. The summed E-state index contributed by atoms with van der Waals surface area (Å²) in [6.45, 7) is 2.45. The van der Waals surface area contributed by atoms with Crippen LogP contribution in [0.25, 0.3) is 0 Å². The molecule has 2 fully saturated rings. The second-order valence-electron chi connectivity index (χ2n) is 6.81. The molecule has 2 aromatic rings. The number of urea groups is 1. The van der Waals surface area contributed by atoms with Crippen molar-refractivity contribution in [2.45, 2.75) is 25.6 Å². The molecule has 2 atom stereocenters. The average Bonchev–Trinajstić information content (AvgIpc) is 3.01. The third-order valence-corrected chi connectivity index (χ3v) is 6.68. The molecule has 0 radical (unpaired) electrons. The van der Waals surface area contributed by atoms with Crippen molar-refractivity contribution in [1.82, 2.24) is 4.90 Å². The van der Waals surface area contributed by atoms with Crippen molar-refractivity contribution in [3.05, 3.63) is 65.7 Å². The summed E-state index contributed by atoms with van der Waals surface area (Å²) >= 11 is 0. The summed E-state index contributed by atoms with van der Waals surface area (Å²) in [6.07, 6.45) is 0. The molecule has 2 heterocycles. The van der Waals surface area contributed by atoms with E-state index in [9.17, 15) is 13.2 Å². The highest BCUT2D eigenvalue weighted by molar-refractivity contribution is 7.91. The van der Waals surface area contributed by atoms with Crippen LogP contribution in [-0.2, 0) is 16.4 Å². The molecular formula is C19H20N2O3S. The second kappa shape index (κ2) is 5.88. The van der Waals surface area contributed by atoms with Crippen molar-refractivity contribution in [2.75, 3.05) is 16.4 Å². The minimum Gasteiger partial charge on any atom is -0.314 e. The minimum atomic E-state index is -3.14. The number of anilines is 1. The normalized spacial score (nSPS) is 24.6. The Kier molecular flexibility index (Phi) is 3.80. The van der Waals surface area contributed by atoms with Crippen LogP contribution < -0.4 is 4.90 Å². The Hall–Kier alpha value is -2.34. The van der Waals surface area contributed by atoms with Gasteiger partial charge in [0.1, 0.15) is 0 Å². The lowest BCUT2D eigenvalue weighted by atomic mass is 10.1. The van der Waals surface area contributed by atoms with Gasteiger partial charge in [-0.2, -0.15) is 0 Å². The van der Waals surface area contributed by atoms with Crippen LogP contribution in [0.1, 0.15) is 11.1 Å². The van der Waals surface area contributed by atoms with Crippen molar-refractivity contribution in [1.29, 1.82) is 0 Å². The number of hydrogen-bond acceptors (Lipinski definition) is 3. The van der Waals surface area contributed by atoms with Gasteiger partial charge in [-0.3, -0.25) is 4.90 Å². The topological polar surface area (TPSA) is 57.7 Å². The fourth-order valence-electron chi connectivity index (χ4n) is 3.74. The molecule has 2 amide bonds. The highest BCUT2D eigenvalue weighted by Crippen LogP contribution is 2.35. The summed E-state index contributed by atoms with van der Waals surface area (Å²) < 4.78 is 24.4. The highest BCUT2D eigenvalue weighted by atomic mass is 32.2. The first-order valence-corrected chi connectivity index (χ1v) is 10.2. The molecule has 2 aliphatic heterocycles. The van der Waals surface area contributed by atoms with Crippen LogP contribution in [0.15, 0.2) is 54.6 Å². The number of carbonyl (C=O) groups excluding carboxylic acids is 1. The zero-order valence-corrected chi connectivity index (χ0v) is 14.8. The molecule has 0 N–H and O–H groups in total. The summed E-state index contributed by atoms with van der Waals surface area (Å²) in [5.41, 5.74) is 2.92. The Bertz CT molecular complexity index is 894. The fraction of sp³-hybridized carbons (Fsp3) is 0.316. The van der Waals surface area contributed by atoms with E-state index in [-0.39, 0.29) is 29.6 Å². The highest BCUT2D eigenvalue weighted by Gasteiger charge is 2.53. The number of para-hydroxylation sites is 1. The quantitative estimate of drug-likeness (QED) is 0.795. The van der Waals surface area contributed by atoms with Crippen LogP contribution in [0.3, 0.4) is 0 Å². The first kappa shape index (κ1) is 16.1. The maximum atomic E-state index is 13.1. The number of aryl methyl sites for hydroxylation is 1. The van der Waals surface area contributed by atoms with Crippen LogP contribution in [0, 0.1) is 6.92 Å². The molecule has 0 unspecified atom stereocenters. The molecule has 2 saturated heterocycles. The zero-order valence-electron chi connectivity index (χ0n) is 14.0. The Morgan fingerprint density at radius 1 is 0.960 bits per heavy atom. The van der Waals surface area contributed by atoms with E-state index in [0.717, 1.165) is 16.8 Å². The van der Waals surface area contributed by atoms with E-state index in [1.165, 1.54) is 0 Å². The van der Waals surface area contributed by atoms with Gasteiger partial charge >= 0.3 is 6.03 Å². The molecule has 5 nitrogen and oxygen atoms in total. The molecule has 2 aliphatic rings. The Morgan fingerprint density at radius 3 is 2.28 bits per heavy atom. The number of carbonyl (C=O) groups is 1. The lowest BCUT2D eigenvalue weighted by Crippen LogP contribution is -2.37. The van der Waals surface area contributed by atoms with Gasteiger partial charge in [-0.25, -0.2) is 13.2 Å². The number of rotatable bonds is 3. The number of amides is 2. The van der Waals surface area contributed by atoms with Gasteiger partial charge < -0.3 is 4.90 Å². The summed E-state index contributed by atoms with van der Waals surface area (Å²) in [5.74, 6) is 0.0707. The summed E-state index contributed by atoms with van der Waals surface area (Å²) in [6, 6.07) is 16.6. The predicted octanol–water partition coefficient (Wildman–Crippen LogP) is 2.60. The van der Waals surface area contributed by atoms with E-state index in [0.29, 0.717) is 6.54 Å². The molecule has 4 rings (SSSR count). The van der Waals surface area contributed by atoms with Crippen LogP contribution in [-0.4, -0.2) is 42.9 Å². The monoisotopic (exact) mass is 356 g/mol. The van der Waals surface area contributed by atoms with Crippen molar-refractivity contribution in [2.24, 2.45) is 0 Å². The summed E-state index contributed by atoms with van der Waals surface area (Å²) in [4.78, 5) is 16.4. The van der Waals surface area contributed by atoms with Crippen molar-refractivity contribution < 1.29 is 13.2 Å². The smallest absolute Gasteiger partial charge is 0.314 e. The molecule has 25 heavy (non-hydrogen) atoms. The van der Waals surface area contributed by atoms with Crippen LogP contribution in [0.2, 0.25) is 0 Å². The molecule has 0 spiro atoms. The number of hydrogen-bond donors (Lipinski definition) is 0. The average molecular weight is 356 g/mol. The van der Waals surface area contributed by atoms with Gasteiger partial charge in [-0.05, 0) is 24.6 Å². The van der Waals surface area contributed by atoms with E-state index < -0.39 is 9.84 Å². The number of nitrogens with zero attached hydrogens (tertiary/aromatic N) is 2. The third kappa shape index (κ3) is 2.91. The summed E-state index contributed by atoms with van der Waals surface area (Å²) in [5, 5.41) is 0. The van der Waals surface area contributed by atoms with Crippen LogP contribution in [0.5, 0.6) is 0 Å². The lowest BCUT2D eigenvalue weighted by Gasteiger charge is -2.22. The van der Waals surface area contributed by atoms with Crippen LogP contribution >= 0.6 is 0 Å². The maximum Gasteiger partial charge on any atom is 0.325 e. The van der Waals surface area contributed by atoms with Crippen molar-refractivity contribution >= 4 is 21.6 Å². The number of fused-ring (bicyclic) bond motifs is 1. The van der Waals surface area contributed by atoms with Crippen LogP contribution in [0.4, 0.5) is 10.5 Å². The molecule has 0 saturated carbocycles. The number of benzene rings is 2. The van der Waals surface area contributed by atoms with Gasteiger partial charge in [-0.1, -0.05) is 48.0 Å². The molecule has 0 aromatic heterocycles. The molecule has 6 heteroatoms. The molecule has 0 bridgehead atoms. The second-order valence-corrected chi connectivity index (χ2v) is 8.97. The first-order chi connectivity index (χ1) is 11.9. The van der Waals surface area contributed by atoms with Gasteiger partial charge in [0.25, 0.3) is 0 Å². The van der Waals surface area contributed by atoms with E-state index in [4.69, 9.17) is 0 Å². The zero-order chi connectivity index (χ0) is 17.6. The van der Waals surface area contributed by atoms with Gasteiger partial charge in [0.05, 0.1) is 23.6 Å². The van der Waals surface area contributed by atoms with Gasteiger partial charge in [0, 0.05) is 12.2 Å². The largest absolute Gasteiger partial charge is 0.325 e. The van der Waals surface area contributed by atoms with Gasteiger partial charge in [-0.15, -0.1) is 0 Å². The van der Waals surface area contributed by atoms with E-state index >= 15 is 0 Å². The fourth-order valence-corrected chi connectivity index (χ4v) is 5.69. The Balaban J connectivity index is 1.69. The van der Waals surface area contributed by atoms with E-state index in [1.54, 1.807) is 9.80 Å². The molecular weight excluding hydrogens is 336 g/mol. The van der Waals surface area contributed by atoms with Crippen molar-refractivity contribution in [3.8, 4) is 0 Å². The van der Waals surface area contributed by atoms with Gasteiger partial charge in [0.2, 0.25) is 0 Å². The van der Waals surface area contributed by atoms with Crippen molar-refractivity contribution in [3.63, 3.8) is 0 Å². The first-order valence-electron chi connectivity index (χ1n) is 8.35. The minimum absolute atomic E-state index is 0.0305. The molecule has 0 aliphatic carbocycles. The molecule has 130 valence electrons. The number of sulfone groups is 1. The predicted molar refractivity (Wildman–Crippen MR) is 97.3 cm³/mol. The standard InChI is InChI=1S/C19H20N2O3S/c1-14-7-9-15(10-8-14)11-20-17-12-25(23,24)13-18(17)21(19(20)22)16-5-3-2-4-6-16/h2-10,17-18H,11-13H2,1H3/t17-,18-/m0/s1.